The van der Waals surface area contributed by atoms with Crippen molar-refractivity contribution in [2.45, 2.75) is 12.5 Å². The van der Waals surface area contributed by atoms with E-state index >= 15 is 0 Å². The van der Waals surface area contributed by atoms with Gasteiger partial charge in [-0.25, -0.2) is 0 Å². The first-order chi connectivity index (χ1) is 25.9. The van der Waals surface area contributed by atoms with Crippen LogP contribution < -0.4 is 47.7 Å². The highest BCUT2D eigenvalue weighted by molar-refractivity contribution is 6.07. The molecule has 0 saturated heterocycles. The second kappa shape index (κ2) is 11.7. The topological polar surface area (TPSA) is 89.6 Å². The van der Waals surface area contributed by atoms with Crippen molar-refractivity contribution in [2.24, 2.45) is 0 Å². The molecule has 0 fully saturated rings. The highest BCUT2D eigenvalue weighted by atomic mass is 16.7. The van der Waals surface area contributed by atoms with Crippen LogP contribution in [0, 0.1) is 0 Å². The number of ether oxygens (including phenoxy) is 9. The number of hydrogen-bond donors (Lipinski definition) is 0. The lowest BCUT2D eigenvalue weighted by Gasteiger charge is -2.45. The van der Waals surface area contributed by atoms with Crippen LogP contribution in [0.3, 0.4) is 0 Å². The van der Waals surface area contributed by atoms with E-state index in [0.717, 1.165) is 77.8 Å². The molecule has 2 unspecified atom stereocenters. The van der Waals surface area contributed by atoms with Crippen molar-refractivity contribution in [3.63, 3.8) is 0 Å². The summed E-state index contributed by atoms with van der Waals surface area (Å²) in [6, 6.07) is 24.7. The van der Waals surface area contributed by atoms with Gasteiger partial charge >= 0.3 is 0 Å². The van der Waals surface area contributed by atoms with Crippen LogP contribution in [0.1, 0.15) is 23.6 Å². The SMILES string of the molecule is COc1ccc2c(c1OC)C(OC1c3c(ccc(OC)c3OC)-c3ccc4cc5c(cc4c3N1C)OCO5)N(C)c1c-2ccc2cc3c(cc12)OCO3. The highest BCUT2D eigenvalue weighted by Gasteiger charge is 2.42. The van der Waals surface area contributed by atoms with E-state index in [9.17, 15) is 0 Å². The average Bonchev–Trinajstić information content (AvgIpc) is 3.85. The molecule has 0 radical (unpaired) electrons. The van der Waals surface area contributed by atoms with Crippen LogP contribution in [0.5, 0.6) is 46.0 Å². The third kappa shape index (κ3) is 4.37. The summed E-state index contributed by atoms with van der Waals surface area (Å²) in [5.41, 5.74) is 7.64. The van der Waals surface area contributed by atoms with Gasteiger partial charge < -0.3 is 52.4 Å². The third-order valence-corrected chi connectivity index (χ3v) is 10.9. The number of anilines is 2. The van der Waals surface area contributed by atoms with Crippen molar-refractivity contribution >= 4 is 32.9 Å². The fourth-order valence-electron chi connectivity index (χ4n) is 8.51. The molecule has 4 aliphatic heterocycles. The third-order valence-electron chi connectivity index (χ3n) is 10.9. The fraction of sp³-hybridized carbons (Fsp3) is 0.238. The number of nitrogens with zero attached hydrogens (tertiary/aromatic N) is 2. The van der Waals surface area contributed by atoms with Gasteiger partial charge in [-0.3, -0.25) is 0 Å². The number of methoxy groups -OCH3 is 4. The average molecular weight is 713 g/mol. The van der Waals surface area contributed by atoms with Crippen LogP contribution >= 0.6 is 0 Å². The van der Waals surface area contributed by atoms with Gasteiger partial charge in [-0.1, -0.05) is 24.3 Å². The Bertz CT molecular complexity index is 2340. The van der Waals surface area contributed by atoms with Crippen LogP contribution in [0.15, 0.2) is 72.8 Å². The van der Waals surface area contributed by atoms with Gasteiger partial charge in [0.2, 0.25) is 13.6 Å². The lowest BCUT2D eigenvalue weighted by molar-refractivity contribution is -0.0164. The molecular weight excluding hydrogens is 676 g/mol. The Balaban J connectivity index is 1.22. The van der Waals surface area contributed by atoms with Crippen LogP contribution in [-0.4, -0.2) is 56.1 Å². The van der Waals surface area contributed by atoms with Gasteiger partial charge in [-0.05, 0) is 70.4 Å². The standard InChI is InChI=1S/C42H36N2O9/c1-43-37-25(9-7-21-15-31-33(17-27(21)37)51-19-49-31)23-11-13-29(45-3)39(47-5)35(23)41(43)53-42-36-24(12-14-30(46-4)40(36)48-6)26-10-8-22-16-32-34(52-20-50-32)18-28(22)38(26)44(42)2/h7-18,41-42H,19-20H2,1-6H3. The van der Waals surface area contributed by atoms with Gasteiger partial charge in [0.1, 0.15) is 0 Å². The van der Waals surface area contributed by atoms with Gasteiger partial charge in [0.05, 0.1) is 50.9 Å². The fourth-order valence-corrected chi connectivity index (χ4v) is 8.51. The van der Waals surface area contributed by atoms with Gasteiger partial charge in [0.25, 0.3) is 0 Å². The van der Waals surface area contributed by atoms with E-state index in [4.69, 9.17) is 42.6 Å². The molecule has 0 aliphatic carbocycles. The molecule has 0 spiro atoms. The molecule has 11 nitrogen and oxygen atoms in total. The molecule has 268 valence electrons. The van der Waals surface area contributed by atoms with Crippen molar-refractivity contribution < 1.29 is 42.6 Å². The summed E-state index contributed by atoms with van der Waals surface area (Å²) in [5, 5.41) is 4.06. The summed E-state index contributed by atoms with van der Waals surface area (Å²) >= 11 is 0. The summed E-state index contributed by atoms with van der Waals surface area (Å²) in [4.78, 5) is 4.34. The van der Waals surface area contributed by atoms with Crippen LogP contribution in [0.4, 0.5) is 11.4 Å². The normalized spacial score (nSPS) is 17.3. The quantitative estimate of drug-likeness (QED) is 0.167. The minimum Gasteiger partial charge on any atom is -0.493 e. The molecule has 0 saturated carbocycles. The first kappa shape index (κ1) is 31.5. The van der Waals surface area contributed by atoms with Gasteiger partial charge in [-0.15, -0.1) is 0 Å². The maximum Gasteiger partial charge on any atom is 0.231 e. The van der Waals surface area contributed by atoms with Crippen LogP contribution in [0.25, 0.3) is 43.8 Å². The Labute approximate surface area is 305 Å². The number of rotatable bonds is 6. The second-order valence-electron chi connectivity index (χ2n) is 13.4. The van der Waals surface area contributed by atoms with Crippen LogP contribution in [-0.2, 0) is 4.74 Å². The van der Waals surface area contributed by atoms with Gasteiger partial charge in [-0.2, -0.15) is 0 Å². The first-order valence-electron chi connectivity index (χ1n) is 17.3. The molecule has 4 heterocycles. The van der Waals surface area contributed by atoms with Crippen molar-refractivity contribution in [3.8, 4) is 68.2 Å². The number of hydrogen-bond acceptors (Lipinski definition) is 11. The maximum atomic E-state index is 7.56. The summed E-state index contributed by atoms with van der Waals surface area (Å²) < 4.78 is 54.8. The lowest BCUT2D eigenvalue weighted by Crippen LogP contribution is -2.38. The molecule has 53 heavy (non-hydrogen) atoms. The lowest BCUT2D eigenvalue weighted by atomic mass is 9.87. The minimum absolute atomic E-state index is 0.187. The zero-order valence-corrected chi connectivity index (χ0v) is 30.1. The Hall–Kier alpha value is -6.20. The molecule has 4 aliphatic rings. The first-order valence-corrected chi connectivity index (χ1v) is 17.3. The predicted octanol–water partition coefficient (Wildman–Crippen LogP) is 8.43. The van der Waals surface area contributed by atoms with E-state index in [1.165, 1.54) is 0 Å². The van der Waals surface area contributed by atoms with Crippen molar-refractivity contribution in [3.05, 3.63) is 83.9 Å². The predicted molar refractivity (Wildman–Crippen MR) is 201 cm³/mol. The molecule has 2 atom stereocenters. The summed E-state index contributed by atoms with van der Waals surface area (Å²) in [6.45, 7) is 0.373. The monoisotopic (exact) mass is 712 g/mol. The zero-order chi connectivity index (χ0) is 36.1. The summed E-state index contributed by atoms with van der Waals surface area (Å²) in [5.74, 6) is 5.25. The van der Waals surface area contributed by atoms with E-state index in [0.29, 0.717) is 34.5 Å². The number of benzene rings is 6. The van der Waals surface area contributed by atoms with Crippen LogP contribution in [0.2, 0.25) is 0 Å². The molecule has 10 rings (SSSR count). The number of fused-ring (bicyclic) bond motifs is 12. The molecule has 6 aromatic carbocycles. The summed E-state index contributed by atoms with van der Waals surface area (Å²) in [6.07, 6.45) is -1.35. The van der Waals surface area contributed by atoms with Crippen molar-refractivity contribution in [1.82, 2.24) is 0 Å². The second-order valence-corrected chi connectivity index (χ2v) is 13.4. The molecule has 0 aromatic heterocycles. The molecule has 6 aromatic rings. The van der Waals surface area contributed by atoms with E-state index in [-0.39, 0.29) is 13.6 Å². The van der Waals surface area contributed by atoms with Crippen molar-refractivity contribution in [1.29, 1.82) is 0 Å². The largest absolute Gasteiger partial charge is 0.493 e. The molecule has 0 N–H and O–H groups in total. The van der Waals surface area contributed by atoms with E-state index in [1.54, 1.807) is 28.4 Å². The van der Waals surface area contributed by atoms with Gasteiger partial charge in [0, 0.05) is 36.0 Å². The Morgan fingerprint density at radius 3 is 1.28 bits per heavy atom. The summed E-state index contributed by atoms with van der Waals surface area (Å²) in [7, 11) is 10.7. The zero-order valence-electron chi connectivity index (χ0n) is 30.1. The Morgan fingerprint density at radius 2 is 0.887 bits per heavy atom. The molecule has 0 bridgehead atoms. The van der Waals surface area contributed by atoms with E-state index in [2.05, 4.69) is 58.3 Å². The van der Waals surface area contributed by atoms with E-state index < -0.39 is 12.5 Å². The van der Waals surface area contributed by atoms with Gasteiger partial charge in [0.15, 0.2) is 58.5 Å². The van der Waals surface area contributed by atoms with E-state index in [1.807, 2.05) is 38.4 Å². The Morgan fingerprint density at radius 1 is 0.491 bits per heavy atom. The molecular formula is C42H36N2O9. The highest BCUT2D eigenvalue weighted by Crippen LogP contribution is 2.58. The molecule has 0 amide bonds. The maximum absolute atomic E-state index is 7.56. The molecule has 11 heteroatoms. The minimum atomic E-state index is -0.674. The Kier molecular flexibility index (Phi) is 6.93. The van der Waals surface area contributed by atoms with Crippen molar-refractivity contribution in [2.75, 3.05) is 65.9 Å². The smallest absolute Gasteiger partial charge is 0.231 e.